The van der Waals surface area contributed by atoms with Crippen LogP contribution in [0.2, 0.25) is 0 Å². The Hall–Kier alpha value is -2.29. The maximum Gasteiger partial charge on any atom is 0.338 e. The Morgan fingerprint density at radius 3 is 1.81 bits per heavy atom. The van der Waals surface area contributed by atoms with E-state index in [1.54, 1.807) is 0 Å². The van der Waals surface area contributed by atoms with Crippen molar-refractivity contribution in [3.63, 3.8) is 0 Å². The topological polar surface area (TPSA) is 35.5 Å². The highest BCUT2D eigenvalue weighted by molar-refractivity contribution is 5.90. The van der Waals surface area contributed by atoms with Gasteiger partial charge in [0, 0.05) is 0 Å². The van der Waals surface area contributed by atoms with E-state index in [0.29, 0.717) is 18.1 Å². The summed E-state index contributed by atoms with van der Waals surface area (Å²) in [6, 6.07) is 15.9. The van der Waals surface area contributed by atoms with Crippen LogP contribution in [0, 0.1) is 11.8 Å². The van der Waals surface area contributed by atoms with Crippen LogP contribution < -0.4 is 4.74 Å². The zero-order valence-electron chi connectivity index (χ0n) is 24.1. The van der Waals surface area contributed by atoms with Gasteiger partial charge in [-0.3, -0.25) is 0 Å². The molecule has 0 aliphatic heterocycles. The Labute approximate surface area is 227 Å². The Morgan fingerprint density at radius 2 is 1.22 bits per heavy atom. The summed E-state index contributed by atoms with van der Waals surface area (Å²) in [5.74, 6) is 2.03. The van der Waals surface area contributed by atoms with Crippen LogP contribution in [0.25, 0.3) is 11.1 Å². The van der Waals surface area contributed by atoms with Gasteiger partial charge in [-0.05, 0) is 60.1 Å². The monoisotopic (exact) mass is 508 g/mol. The first-order valence-corrected chi connectivity index (χ1v) is 15.0. The fourth-order valence-corrected chi connectivity index (χ4v) is 4.60. The highest BCUT2D eigenvalue weighted by Gasteiger charge is 2.10. The average molecular weight is 509 g/mol. The highest BCUT2D eigenvalue weighted by Crippen LogP contribution is 2.23. The number of unbranched alkanes of at least 4 members (excludes halogenated alkanes) is 8. The first-order valence-electron chi connectivity index (χ1n) is 15.0. The van der Waals surface area contributed by atoms with Crippen molar-refractivity contribution in [2.75, 3.05) is 13.2 Å². The average Bonchev–Trinajstić information content (AvgIpc) is 2.90. The van der Waals surface area contributed by atoms with Gasteiger partial charge in [0.25, 0.3) is 0 Å². The third-order valence-electron chi connectivity index (χ3n) is 7.15. The largest absolute Gasteiger partial charge is 0.494 e. The standard InChI is InChI=1S/C34H52O3/c1-5-6-7-8-9-10-11-12-13-26-36-33-23-21-31(22-24-33)30-17-19-32(20-18-30)34(35)37-27-25-29(4)16-14-15-28(2)3/h17-24,28-29H,5-16,25-27H2,1-4H3. The number of hydrogen-bond acceptors (Lipinski definition) is 3. The van der Waals surface area contributed by atoms with Crippen LogP contribution >= 0.6 is 0 Å². The minimum absolute atomic E-state index is 0.235. The lowest BCUT2D eigenvalue weighted by Crippen LogP contribution is -2.09. The predicted octanol–water partition coefficient (Wildman–Crippen LogP) is 10.3. The lowest BCUT2D eigenvalue weighted by Gasteiger charge is -2.12. The number of carbonyl (C=O) groups excluding carboxylic acids is 1. The highest BCUT2D eigenvalue weighted by atomic mass is 16.5. The minimum atomic E-state index is -0.235. The molecule has 0 aromatic heterocycles. The molecule has 2 aromatic carbocycles. The van der Waals surface area contributed by atoms with Gasteiger partial charge in [0.1, 0.15) is 5.75 Å². The number of rotatable bonds is 20. The van der Waals surface area contributed by atoms with Gasteiger partial charge in [-0.2, -0.15) is 0 Å². The third kappa shape index (κ3) is 13.7. The number of ether oxygens (including phenoxy) is 2. The van der Waals surface area contributed by atoms with Crippen LogP contribution in [0.15, 0.2) is 48.5 Å². The normalized spacial score (nSPS) is 12.0. The van der Waals surface area contributed by atoms with Crippen molar-refractivity contribution < 1.29 is 14.3 Å². The van der Waals surface area contributed by atoms with Crippen molar-refractivity contribution in [3.8, 4) is 16.9 Å². The SMILES string of the molecule is CCCCCCCCCCCOc1ccc(-c2ccc(C(=O)OCCC(C)CCCC(C)C)cc2)cc1. The number of carbonyl (C=O) groups is 1. The summed E-state index contributed by atoms with van der Waals surface area (Å²) in [5, 5.41) is 0. The Balaban J connectivity index is 1.64. The van der Waals surface area contributed by atoms with Crippen molar-refractivity contribution in [2.24, 2.45) is 11.8 Å². The molecule has 0 N–H and O–H groups in total. The quantitative estimate of drug-likeness (QED) is 0.132. The van der Waals surface area contributed by atoms with Crippen LogP contribution in [0.1, 0.15) is 122 Å². The second-order valence-electron chi connectivity index (χ2n) is 11.1. The van der Waals surface area contributed by atoms with Gasteiger partial charge in [0.2, 0.25) is 0 Å². The molecule has 1 atom stereocenters. The smallest absolute Gasteiger partial charge is 0.338 e. The van der Waals surface area contributed by atoms with Gasteiger partial charge in [0.05, 0.1) is 18.8 Å². The number of esters is 1. The maximum absolute atomic E-state index is 12.4. The fourth-order valence-electron chi connectivity index (χ4n) is 4.60. The van der Waals surface area contributed by atoms with Gasteiger partial charge in [-0.25, -0.2) is 4.79 Å². The van der Waals surface area contributed by atoms with Crippen molar-refractivity contribution in [1.29, 1.82) is 0 Å². The molecule has 0 radical (unpaired) electrons. The molecule has 0 saturated carbocycles. The van der Waals surface area contributed by atoms with Crippen LogP contribution in [-0.4, -0.2) is 19.2 Å². The van der Waals surface area contributed by atoms with Gasteiger partial charge in [0.15, 0.2) is 0 Å². The van der Waals surface area contributed by atoms with Crippen LogP contribution in [-0.2, 0) is 4.74 Å². The van der Waals surface area contributed by atoms with Crippen LogP contribution in [0.4, 0.5) is 0 Å². The van der Waals surface area contributed by atoms with Crippen LogP contribution in [0.5, 0.6) is 5.75 Å². The molecule has 0 fully saturated rings. The molecular weight excluding hydrogens is 456 g/mol. The molecular formula is C34H52O3. The van der Waals surface area contributed by atoms with E-state index in [-0.39, 0.29) is 5.97 Å². The first kappa shape index (κ1) is 30.9. The first-order chi connectivity index (χ1) is 18.0. The van der Waals surface area contributed by atoms with Gasteiger partial charge < -0.3 is 9.47 Å². The molecule has 37 heavy (non-hydrogen) atoms. The van der Waals surface area contributed by atoms with Crippen molar-refractivity contribution in [3.05, 3.63) is 54.1 Å². The van der Waals surface area contributed by atoms with Crippen molar-refractivity contribution in [1.82, 2.24) is 0 Å². The van der Waals surface area contributed by atoms with Crippen LogP contribution in [0.3, 0.4) is 0 Å². The zero-order valence-corrected chi connectivity index (χ0v) is 24.1. The summed E-state index contributed by atoms with van der Waals surface area (Å²) >= 11 is 0. The lowest BCUT2D eigenvalue weighted by molar-refractivity contribution is 0.0483. The molecule has 0 aliphatic carbocycles. The second kappa shape index (κ2) is 18.9. The molecule has 0 amide bonds. The van der Waals surface area contributed by atoms with Gasteiger partial charge in [-0.1, -0.05) is 123 Å². The maximum atomic E-state index is 12.4. The van der Waals surface area contributed by atoms with E-state index in [4.69, 9.17) is 9.47 Å². The molecule has 2 aromatic rings. The summed E-state index contributed by atoms with van der Waals surface area (Å²) in [7, 11) is 0. The molecule has 2 rings (SSSR count). The van der Waals surface area contributed by atoms with E-state index in [1.165, 1.54) is 70.6 Å². The van der Waals surface area contributed by atoms with E-state index in [2.05, 4.69) is 39.8 Å². The fraction of sp³-hybridized carbons (Fsp3) is 0.618. The number of benzene rings is 2. The number of hydrogen-bond donors (Lipinski definition) is 0. The molecule has 0 heterocycles. The van der Waals surface area contributed by atoms with E-state index >= 15 is 0 Å². The third-order valence-corrected chi connectivity index (χ3v) is 7.15. The summed E-state index contributed by atoms with van der Waals surface area (Å²) in [6.45, 7) is 10.3. The Kier molecular flexibility index (Phi) is 15.8. The molecule has 3 nitrogen and oxygen atoms in total. The van der Waals surface area contributed by atoms with Crippen molar-refractivity contribution in [2.45, 2.75) is 111 Å². The predicted molar refractivity (Wildman–Crippen MR) is 157 cm³/mol. The molecule has 0 bridgehead atoms. The molecule has 206 valence electrons. The summed E-state index contributed by atoms with van der Waals surface area (Å²) < 4.78 is 11.5. The summed E-state index contributed by atoms with van der Waals surface area (Å²) in [4.78, 5) is 12.4. The lowest BCUT2D eigenvalue weighted by atomic mass is 9.98. The van der Waals surface area contributed by atoms with Gasteiger partial charge >= 0.3 is 5.97 Å². The van der Waals surface area contributed by atoms with E-state index < -0.39 is 0 Å². The zero-order chi connectivity index (χ0) is 26.7. The minimum Gasteiger partial charge on any atom is -0.494 e. The van der Waals surface area contributed by atoms with Gasteiger partial charge in [-0.15, -0.1) is 0 Å². The molecule has 0 spiro atoms. The molecule has 3 heteroatoms. The Morgan fingerprint density at radius 1 is 0.649 bits per heavy atom. The second-order valence-corrected chi connectivity index (χ2v) is 11.1. The van der Waals surface area contributed by atoms with Crippen molar-refractivity contribution >= 4 is 5.97 Å². The van der Waals surface area contributed by atoms with E-state index in [9.17, 15) is 4.79 Å². The summed E-state index contributed by atoms with van der Waals surface area (Å²) in [6.07, 6.45) is 16.5. The summed E-state index contributed by atoms with van der Waals surface area (Å²) in [5.41, 5.74) is 2.81. The molecule has 0 saturated heterocycles. The molecule has 1 unspecified atom stereocenters. The Bertz CT molecular complexity index is 838. The van der Waals surface area contributed by atoms with E-state index in [0.717, 1.165) is 42.2 Å². The molecule has 0 aliphatic rings. The van der Waals surface area contributed by atoms with E-state index in [1.807, 2.05) is 36.4 Å².